The normalized spacial score (nSPS) is 21.5. The number of carbonyl (C=O) groups is 2. The Labute approximate surface area is 124 Å². The van der Waals surface area contributed by atoms with Crippen LogP contribution in [0.4, 0.5) is 4.79 Å². The third-order valence-corrected chi connectivity index (χ3v) is 2.52. The van der Waals surface area contributed by atoms with Gasteiger partial charge in [0.05, 0.1) is 12.3 Å². The van der Waals surface area contributed by atoms with Crippen molar-refractivity contribution in [2.75, 3.05) is 6.54 Å². The summed E-state index contributed by atoms with van der Waals surface area (Å²) in [4.78, 5) is 29.8. The molecule has 1 atom stereocenters. The molecule has 21 heavy (non-hydrogen) atoms. The standard InChI is InChI=1S/C14H24N2O5/c1-13(2,3)20-12(19)16-8-9(7-10(16)11(17)18)15-21-14(4,5)6/h10H,7-8H2,1-6H3,(H,17,18)/t10-/m0/s1. The minimum Gasteiger partial charge on any atom is -0.480 e. The number of nitrogens with zero attached hydrogens (tertiary/aromatic N) is 2. The van der Waals surface area contributed by atoms with Crippen LogP contribution in [-0.4, -0.2) is 51.6 Å². The van der Waals surface area contributed by atoms with Gasteiger partial charge in [0.25, 0.3) is 0 Å². The van der Waals surface area contributed by atoms with Crippen molar-refractivity contribution in [3.05, 3.63) is 0 Å². The summed E-state index contributed by atoms with van der Waals surface area (Å²) in [6.07, 6.45) is -0.513. The minimum atomic E-state index is -1.08. The molecule has 1 rings (SSSR count). The van der Waals surface area contributed by atoms with Gasteiger partial charge in [0.15, 0.2) is 0 Å². The Hall–Kier alpha value is -1.79. The summed E-state index contributed by atoms with van der Waals surface area (Å²) in [6, 6.07) is -0.970. The monoisotopic (exact) mass is 300 g/mol. The van der Waals surface area contributed by atoms with Crippen molar-refractivity contribution in [3.63, 3.8) is 0 Å². The Morgan fingerprint density at radius 3 is 2.19 bits per heavy atom. The van der Waals surface area contributed by atoms with Gasteiger partial charge >= 0.3 is 12.1 Å². The highest BCUT2D eigenvalue weighted by atomic mass is 16.6. The van der Waals surface area contributed by atoms with E-state index in [-0.39, 0.29) is 13.0 Å². The zero-order valence-corrected chi connectivity index (χ0v) is 13.5. The number of likely N-dealkylation sites (tertiary alicyclic amines) is 1. The molecule has 0 aromatic carbocycles. The molecule has 1 aliphatic heterocycles. The van der Waals surface area contributed by atoms with Crippen molar-refractivity contribution in [2.24, 2.45) is 5.16 Å². The van der Waals surface area contributed by atoms with Crippen molar-refractivity contribution < 1.29 is 24.3 Å². The van der Waals surface area contributed by atoms with Crippen LogP contribution in [0.2, 0.25) is 0 Å². The van der Waals surface area contributed by atoms with E-state index in [0.717, 1.165) is 0 Å². The average molecular weight is 300 g/mol. The van der Waals surface area contributed by atoms with Gasteiger partial charge in [-0.1, -0.05) is 5.16 Å². The summed E-state index contributed by atoms with van der Waals surface area (Å²) in [6.45, 7) is 10.8. The van der Waals surface area contributed by atoms with Crippen LogP contribution in [-0.2, 0) is 14.4 Å². The molecule has 0 aromatic heterocycles. The fourth-order valence-electron chi connectivity index (χ4n) is 1.71. The lowest BCUT2D eigenvalue weighted by Crippen LogP contribution is -2.43. The molecule has 1 amide bonds. The lowest BCUT2D eigenvalue weighted by Gasteiger charge is -2.26. The molecule has 0 radical (unpaired) electrons. The molecule has 7 nitrogen and oxygen atoms in total. The van der Waals surface area contributed by atoms with E-state index in [0.29, 0.717) is 5.71 Å². The number of hydrogen-bond donors (Lipinski definition) is 1. The van der Waals surface area contributed by atoms with E-state index in [2.05, 4.69) is 5.16 Å². The number of amides is 1. The second-order valence-corrected chi connectivity index (χ2v) is 7.03. The lowest BCUT2D eigenvalue weighted by atomic mass is 10.2. The molecule has 1 N–H and O–H groups in total. The molecule has 0 bridgehead atoms. The molecule has 0 saturated carbocycles. The molecular formula is C14H24N2O5. The van der Waals surface area contributed by atoms with E-state index in [1.165, 1.54) is 4.90 Å². The number of carboxylic acid groups (broad SMARTS) is 1. The number of ether oxygens (including phenoxy) is 1. The Morgan fingerprint density at radius 1 is 1.19 bits per heavy atom. The van der Waals surface area contributed by atoms with Crippen LogP contribution in [0.25, 0.3) is 0 Å². The lowest BCUT2D eigenvalue weighted by molar-refractivity contribution is -0.142. The smallest absolute Gasteiger partial charge is 0.411 e. The van der Waals surface area contributed by atoms with Gasteiger partial charge < -0.3 is 14.7 Å². The fraction of sp³-hybridized carbons (Fsp3) is 0.786. The van der Waals surface area contributed by atoms with Crippen LogP contribution in [0.5, 0.6) is 0 Å². The summed E-state index contributed by atoms with van der Waals surface area (Å²) in [5, 5.41) is 13.2. The highest BCUT2D eigenvalue weighted by Crippen LogP contribution is 2.21. The summed E-state index contributed by atoms with van der Waals surface area (Å²) in [7, 11) is 0. The van der Waals surface area contributed by atoms with E-state index in [4.69, 9.17) is 9.57 Å². The third kappa shape index (κ3) is 5.61. The maximum Gasteiger partial charge on any atom is 0.411 e. The molecule has 1 fully saturated rings. The van der Waals surface area contributed by atoms with Crippen LogP contribution in [0.1, 0.15) is 48.0 Å². The zero-order chi connectivity index (χ0) is 16.4. The van der Waals surface area contributed by atoms with Gasteiger partial charge in [-0.2, -0.15) is 0 Å². The van der Waals surface area contributed by atoms with E-state index in [1.54, 1.807) is 20.8 Å². The first kappa shape index (κ1) is 17.3. The van der Waals surface area contributed by atoms with Crippen LogP contribution in [0.15, 0.2) is 5.16 Å². The van der Waals surface area contributed by atoms with E-state index >= 15 is 0 Å². The summed E-state index contributed by atoms with van der Waals surface area (Å²) in [5.41, 5.74) is -0.629. The number of carboxylic acids is 1. The van der Waals surface area contributed by atoms with Gasteiger partial charge in [-0.05, 0) is 41.5 Å². The zero-order valence-electron chi connectivity index (χ0n) is 13.5. The van der Waals surface area contributed by atoms with Crippen LogP contribution in [0, 0.1) is 0 Å². The fourth-order valence-corrected chi connectivity index (χ4v) is 1.71. The van der Waals surface area contributed by atoms with E-state index < -0.39 is 29.3 Å². The average Bonchev–Trinajstić information content (AvgIpc) is 2.67. The molecule has 7 heteroatoms. The second-order valence-electron chi connectivity index (χ2n) is 7.03. The summed E-state index contributed by atoms with van der Waals surface area (Å²) >= 11 is 0. The summed E-state index contributed by atoms with van der Waals surface area (Å²) < 4.78 is 5.22. The predicted molar refractivity (Wildman–Crippen MR) is 77.3 cm³/mol. The number of carbonyl (C=O) groups excluding carboxylic acids is 1. The first-order chi connectivity index (χ1) is 9.39. The van der Waals surface area contributed by atoms with Crippen LogP contribution in [0.3, 0.4) is 0 Å². The summed E-state index contributed by atoms with van der Waals surface area (Å²) in [5.74, 6) is -1.08. The molecule has 0 aliphatic carbocycles. The number of oxime groups is 1. The number of rotatable bonds is 2. The highest BCUT2D eigenvalue weighted by molar-refractivity contribution is 5.98. The Kier molecular flexibility index (Phi) is 4.86. The predicted octanol–water partition coefficient (Wildman–Crippen LogP) is 2.25. The molecule has 120 valence electrons. The minimum absolute atomic E-state index is 0.0992. The SMILES string of the molecule is CC(C)(C)ON=C1C[C@@H](C(=O)O)N(C(=O)OC(C)(C)C)C1. The molecular weight excluding hydrogens is 276 g/mol. The van der Waals surface area contributed by atoms with Gasteiger partial charge in [-0.15, -0.1) is 0 Å². The Bertz CT molecular complexity index is 445. The maximum absolute atomic E-state index is 12.1. The van der Waals surface area contributed by atoms with Gasteiger partial charge in [0.1, 0.15) is 17.2 Å². The van der Waals surface area contributed by atoms with Crippen molar-refractivity contribution in [3.8, 4) is 0 Å². The van der Waals surface area contributed by atoms with Crippen LogP contribution >= 0.6 is 0 Å². The second kappa shape index (κ2) is 5.91. The first-order valence-corrected chi connectivity index (χ1v) is 6.85. The van der Waals surface area contributed by atoms with Gasteiger partial charge in [0, 0.05) is 6.42 Å². The first-order valence-electron chi connectivity index (χ1n) is 6.85. The van der Waals surface area contributed by atoms with Crippen molar-refractivity contribution in [1.29, 1.82) is 0 Å². The van der Waals surface area contributed by atoms with E-state index in [1.807, 2.05) is 20.8 Å². The Balaban J connectivity index is 2.83. The quantitative estimate of drug-likeness (QED) is 0.790. The maximum atomic E-state index is 12.1. The largest absolute Gasteiger partial charge is 0.480 e. The van der Waals surface area contributed by atoms with Crippen molar-refractivity contribution in [1.82, 2.24) is 4.90 Å². The molecule has 1 aliphatic rings. The van der Waals surface area contributed by atoms with Gasteiger partial charge in [0.2, 0.25) is 0 Å². The topological polar surface area (TPSA) is 88.4 Å². The number of hydrogen-bond acceptors (Lipinski definition) is 5. The Morgan fingerprint density at radius 2 is 1.76 bits per heavy atom. The molecule has 1 heterocycles. The van der Waals surface area contributed by atoms with Crippen molar-refractivity contribution in [2.45, 2.75) is 65.2 Å². The molecule has 0 aromatic rings. The van der Waals surface area contributed by atoms with Crippen LogP contribution < -0.4 is 0 Å². The highest BCUT2D eigenvalue weighted by Gasteiger charge is 2.40. The number of aliphatic carboxylic acids is 1. The van der Waals surface area contributed by atoms with Gasteiger partial charge in [-0.25, -0.2) is 9.59 Å². The molecule has 0 unspecified atom stereocenters. The van der Waals surface area contributed by atoms with Gasteiger partial charge in [-0.3, -0.25) is 4.90 Å². The van der Waals surface area contributed by atoms with Crippen molar-refractivity contribution >= 4 is 17.8 Å². The molecule has 0 spiro atoms. The third-order valence-electron chi connectivity index (χ3n) is 2.52. The van der Waals surface area contributed by atoms with E-state index in [9.17, 15) is 14.7 Å². The molecule has 1 saturated heterocycles.